The van der Waals surface area contributed by atoms with Crippen molar-refractivity contribution in [3.05, 3.63) is 28.8 Å². The predicted octanol–water partition coefficient (Wildman–Crippen LogP) is 0.810. The molecule has 4 N–H and O–H groups in total. The summed E-state index contributed by atoms with van der Waals surface area (Å²) in [6.07, 6.45) is 0. The van der Waals surface area contributed by atoms with Gasteiger partial charge in [-0.25, -0.2) is 18.9 Å². The molecule has 0 aliphatic rings. The van der Waals surface area contributed by atoms with Crippen LogP contribution in [0.1, 0.15) is 31.1 Å². The molecule has 0 heterocycles. The van der Waals surface area contributed by atoms with Crippen LogP contribution in [0.3, 0.4) is 0 Å². The van der Waals surface area contributed by atoms with Crippen molar-refractivity contribution in [1.29, 1.82) is 0 Å². The molecule has 0 saturated carbocycles. The van der Waals surface area contributed by atoms with Crippen LogP contribution in [0.15, 0.2) is 12.1 Å². The zero-order chi connectivity index (χ0) is 14.7. The zero-order valence-corrected chi connectivity index (χ0v) is 9.83. The molecule has 9 nitrogen and oxygen atoms in total. The van der Waals surface area contributed by atoms with Gasteiger partial charge in [-0.05, 0) is 6.07 Å². The van der Waals surface area contributed by atoms with Gasteiger partial charge in [0.25, 0.3) is 0 Å². The molecular weight excluding hydrogens is 283 g/mol. The molecule has 19 heavy (non-hydrogen) atoms. The van der Waals surface area contributed by atoms with Crippen LogP contribution in [0.2, 0.25) is 0 Å². The number of benzene rings is 1. The fraction of sp³-hybridized carbons (Fsp3) is 0. The van der Waals surface area contributed by atoms with E-state index in [4.69, 9.17) is 20.2 Å². The molecule has 0 saturated heterocycles. The third-order valence-corrected chi connectivity index (χ3v) is 2.32. The van der Waals surface area contributed by atoms with Crippen LogP contribution in [0.25, 0.3) is 0 Å². The van der Waals surface area contributed by atoms with E-state index in [2.05, 4.69) is 4.52 Å². The molecule has 10 heteroatoms. The van der Waals surface area contributed by atoms with Gasteiger partial charge in [0.2, 0.25) is 5.75 Å². The first-order chi connectivity index (χ1) is 8.73. The third-order valence-electron chi connectivity index (χ3n) is 1.97. The maximum absolute atomic E-state index is 10.9. The van der Waals surface area contributed by atoms with Gasteiger partial charge >= 0.3 is 26.2 Å². The van der Waals surface area contributed by atoms with E-state index in [-0.39, 0.29) is 0 Å². The lowest BCUT2D eigenvalue weighted by Crippen LogP contribution is -2.12. The van der Waals surface area contributed by atoms with Gasteiger partial charge in [-0.2, -0.15) is 0 Å². The molecule has 1 atom stereocenters. The van der Waals surface area contributed by atoms with E-state index in [0.29, 0.717) is 12.1 Å². The fourth-order valence-corrected chi connectivity index (χ4v) is 1.60. The van der Waals surface area contributed by atoms with Gasteiger partial charge in [0.15, 0.2) is 0 Å². The van der Waals surface area contributed by atoms with Crippen LogP contribution in [0, 0.1) is 0 Å². The zero-order valence-electron chi connectivity index (χ0n) is 8.93. The van der Waals surface area contributed by atoms with Crippen molar-refractivity contribution >= 4 is 26.2 Å². The van der Waals surface area contributed by atoms with Gasteiger partial charge in [-0.15, -0.1) is 4.89 Å². The largest absolute Gasteiger partial charge is 0.747 e. The van der Waals surface area contributed by atoms with Gasteiger partial charge in [0.1, 0.15) is 5.56 Å². The number of hydrogen-bond acceptors (Lipinski definition) is 5. The van der Waals surface area contributed by atoms with E-state index in [9.17, 15) is 18.9 Å². The van der Waals surface area contributed by atoms with Crippen LogP contribution in [-0.4, -0.2) is 38.1 Å². The highest BCUT2D eigenvalue weighted by Gasteiger charge is 2.29. The number of rotatable bonds is 5. The van der Waals surface area contributed by atoms with Gasteiger partial charge in [0.05, 0.1) is 11.1 Å². The maximum atomic E-state index is 10.9. The Labute approximate surface area is 105 Å². The van der Waals surface area contributed by atoms with E-state index in [0.717, 1.165) is 0 Å². The molecule has 1 aromatic carbocycles. The summed E-state index contributed by atoms with van der Waals surface area (Å²) in [6, 6.07) is 1.27. The van der Waals surface area contributed by atoms with Gasteiger partial charge in [0, 0.05) is 10.6 Å². The summed E-state index contributed by atoms with van der Waals surface area (Å²) < 4.78 is 14.8. The SMILES string of the molecule is O=C(O)c1cc(O[P+](=O)O)c(C(=O)O)c(C(=O)O)c1. The Balaban J connectivity index is 3.64. The van der Waals surface area contributed by atoms with Crippen molar-refractivity contribution in [3.63, 3.8) is 0 Å². The van der Waals surface area contributed by atoms with Crippen molar-refractivity contribution in [2.24, 2.45) is 0 Å². The third kappa shape index (κ3) is 3.24. The predicted molar refractivity (Wildman–Crippen MR) is 57.8 cm³/mol. The van der Waals surface area contributed by atoms with Crippen molar-refractivity contribution in [2.75, 3.05) is 0 Å². The lowest BCUT2D eigenvalue weighted by atomic mass is 10.0. The molecule has 0 radical (unpaired) electrons. The number of hydrogen-bond donors (Lipinski definition) is 4. The highest BCUT2D eigenvalue weighted by molar-refractivity contribution is 7.32. The first kappa shape index (κ1) is 14.6. The van der Waals surface area contributed by atoms with Crippen LogP contribution in [-0.2, 0) is 4.57 Å². The minimum atomic E-state index is -3.28. The molecule has 0 fully saturated rings. The fourth-order valence-electron chi connectivity index (χ4n) is 1.28. The smallest absolute Gasteiger partial charge is 0.478 e. The second-order valence-electron chi connectivity index (χ2n) is 3.14. The molecule has 1 rings (SSSR count). The molecule has 1 aromatic rings. The Bertz CT molecular complexity index is 592. The average molecular weight is 289 g/mol. The van der Waals surface area contributed by atoms with Crippen molar-refractivity contribution in [3.8, 4) is 5.75 Å². The Morgan fingerprint density at radius 2 is 1.58 bits per heavy atom. The molecule has 0 bridgehead atoms. The van der Waals surface area contributed by atoms with E-state index < -0.39 is 48.6 Å². The molecule has 0 spiro atoms. The van der Waals surface area contributed by atoms with Gasteiger partial charge in [-0.1, -0.05) is 0 Å². The molecule has 0 aliphatic carbocycles. The van der Waals surface area contributed by atoms with Crippen LogP contribution < -0.4 is 4.52 Å². The summed E-state index contributed by atoms with van der Waals surface area (Å²) in [6.45, 7) is 0. The average Bonchev–Trinajstić information content (AvgIpc) is 2.26. The molecule has 0 aromatic heterocycles. The van der Waals surface area contributed by atoms with Gasteiger partial charge < -0.3 is 15.3 Å². The van der Waals surface area contributed by atoms with Gasteiger partial charge in [-0.3, -0.25) is 0 Å². The highest BCUT2D eigenvalue weighted by Crippen LogP contribution is 2.31. The molecule has 0 amide bonds. The van der Waals surface area contributed by atoms with E-state index in [1.807, 2.05) is 0 Å². The summed E-state index contributed by atoms with van der Waals surface area (Å²) in [5.41, 5.74) is -2.36. The molecule has 0 aliphatic heterocycles. The van der Waals surface area contributed by atoms with Crippen LogP contribution >= 0.6 is 8.25 Å². The van der Waals surface area contributed by atoms with Crippen molar-refractivity contribution in [2.45, 2.75) is 0 Å². The maximum Gasteiger partial charge on any atom is 0.747 e. The van der Waals surface area contributed by atoms with E-state index in [1.165, 1.54) is 0 Å². The van der Waals surface area contributed by atoms with Crippen molar-refractivity contribution in [1.82, 2.24) is 0 Å². The Morgan fingerprint density at radius 1 is 1.00 bits per heavy atom. The highest BCUT2D eigenvalue weighted by atomic mass is 31.1. The number of aromatic carboxylic acids is 3. The molecular formula is C9H6O9P+. The summed E-state index contributed by atoms with van der Waals surface area (Å²) in [4.78, 5) is 41.2. The molecule has 100 valence electrons. The first-order valence-electron chi connectivity index (χ1n) is 4.46. The Morgan fingerprint density at radius 3 is 1.95 bits per heavy atom. The normalized spacial score (nSPS) is 10.7. The monoisotopic (exact) mass is 289 g/mol. The number of carbonyl (C=O) groups is 3. The second kappa shape index (κ2) is 5.42. The quantitative estimate of drug-likeness (QED) is 0.575. The second-order valence-corrected chi connectivity index (χ2v) is 3.80. The van der Waals surface area contributed by atoms with E-state index >= 15 is 0 Å². The topological polar surface area (TPSA) is 158 Å². The number of carboxylic acids is 3. The summed E-state index contributed by atoms with van der Waals surface area (Å²) >= 11 is 0. The summed E-state index contributed by atoms with van der Waals surface area (Å²) in [5, 5.41) is 26.5. The number of carboxylic acid groups (broad SMARTS) is 3. The lowest BCUT2D eigenvalue weighted by molar-refractivity contribution is 0.0647. The lowest BCUT2D eigenvalue weighted by Gasteiger charge is -2.05. The van der Waals surface area contributed by atoms with Crippen LogP contribution in [0.4, 0.5) is 0 Å². The Kier molecular flexibility index (Phi) is 4.15. The van der Waals surface area contributed by atoms with E-state index in [1.54, 1.807) is 0 Å². The summed E-state index contributed by atoms with van der Waals surface area (Å²) in [5.74, 6) is -5.80. The Hall–Kier alpha value is -2.51. The standard InChI is InChI=1S/C9H5O9P/c10-7(11)3-1-4(8(12)13)6(9(14)15)5(2-3)18-19(16)17/h1-2H,(H3-,10,11,12,13,14,15,16,17)/p+1. The summed E-state index contributed by atoms with van der Waals surface area (Å²) in [7, 11) is -3.28. The minimum absolute atomic E-state index is 0.589. The van der Waals surface area contributed by atoms with Crippen molar-refractivity contribution < 1.29 is 43.7 Å². The first-order valence-corrected chi connectivity index (χ1v) is 5.59. The minimum Gasteiger partial charge on any atom is -0.478 e. The van der Waals surface area contributed by atoms with Crippen LogP contribution in [0.5, 0.6) is 5.75 Å². The molecule has 1 unspecified atom stereocenters.